The van der Waals surface area contributed by atoms with Gasteiger partial charge in [0.2, 0.25) is 0 Å². The van der Waals surface area contributed by atoms with E-state index in [9.17, 15) is 14.7 Å². The Morgan fingerprint density at radius 1 is 1.05 bits per heavy atom. The van der Waals surface area contributed by atoms with Crippen LogP contribution in [0.25, 0.3) is 0 Å². The molecule has 5 rings (SSSR count). The first-order valence-electron chi connectivity index (χ1n) is 14.9. The molecule has 3 aromatic rings. The highest BCUT2D eigenvalue weighted by molar-refractivity contribution is 6.04. The summed E-state index contributed by atoms with van der Waals surface area (Å²) in [4.78, 5) is 31.8. The maximum absolute atomic E-state index is 13.0. The molecular weight excluding hydrogens is 546 g/mol. The second-order valence-corrected chi connectivity index (χ2v) is 12.3. The topological polar surface area (TPSA) is 110 Å². The van der Waals surface area contributed by atoms with E-state index in [-0.39, 0.29) is 42.7 Å². The molecule has 9 heteroatoms. The van der Waals surface area contributed by atoms with Crippen LogP contribution in [-0.2, 0) is 25.6 Å². The van der Waals surface area contributed by atoms with E-state index in [1.165, 1.54) is 6.20 Å². The highest BCUT2D eigenvalue weighted by atomic mass is 16.7. The predicted molar refractivity (Wildman–Crippen MR) is 162 cm³/mol. The minimum Gasteiger partial charge on any atom is -0.459 e. The number of nitrogens with one attached hydrogen (secondary N) is 1. The Balaban J connectivity index is 1.35. The quantitative estimate of drug-likeness (QED) is 0.336. The number of hydrogen-bond acceptors (Lipinski definition) is 8. The van der Waals surface area contributed by atoms with Gasteiger partial charge in [0, 0.05) is 36.1 Å². The van der Waals surface area contributed by atoms with Crippen LogP contribution < -0.4 is 5.32 Å². The summed E-state index contributed by atoms with van der Waals surface area (Å²) in [6.45, 7) is 9.11. The summed E-state index contributed by atoms with van der Waals surface area (Å²) in [7, 11) is 0. The number of carbonyl (C=O) groups excluding carboxylic acids is 2. The van der Waals surface area contributed by atoms with E-state index in [2.05, 4.69) is 22.1 Å². The molecule has 0 aliphatic carbocycles. The van der Waals surface area contributed by atoms with Gasteiger partial charge in [0.1, 0.15) is 11.6 Å². The molecule has 3 heterocycles. The third-order valence-corrected chi connectivity index (χ3v) is 7.94. The van der Waals surface area contributed by atoms with Crippen molar-refractivity contribution in [3.05, 3.63) is 95.3 Å². The fourth-order valence-corrected chi connectivity index (χ4v) is 5.66. The zero-order chi connectivity index (χ0) is 30.6. The van der Waals surface area contributed by atoms with Crippen LogP contribution in [0.1, 0.15) is 80.0 Å². The lowest BCUT2D eigenvalue weighted by molar-refractivity contribution is -0.276. The Bertz CT molecular complexity index is 1370. The third-order valence-electron chi connectivity index (χ3n) is 7.94. The number of likely N-dealkylation sites (tertiary alicyclic amines) is 1. The lowest BCUT2D eigenvalue weighted by Gasteiger charge is -2.43. The molecule has 5 unspecified atom stereocenters. The van der Waals surface area contributed by atoms with E-state index in [1.807, 2.05) is 69.3 Å². The van der Waals surface area contributed by atoms with Gasteiger partial charge in [-0.1, -0.05) is 43.3 Å². The summed E-state index contributed by atoms with van der Waals surface area (Å²) < 4.78 is 18.9. The number of aliphatic hydroxyl groups excluding tert-OH is 1. The molecule has 1 amide bonds. The van der Waals surface area contributed by atoms with Crippen LogP contribution in [0.4, 0.5) is 5.69 Å². The van der Waals surface area contributed by atoms with E-state index in [4.69, 9.17) is 14.2 Å². The van der Waals surface area contributed by atoms with Crippen molar-refractivity contribution in [2.24, 2.45) is 5.92 Å². The van der Waals surface area contributed by atoms with E-state index >= 15 is 0 Å². The highest BCUT2D eigenvalue weighted by Crippen LogP contribution is 2.42. The van der Waals surface area contributed by atoms with Gasteiger partial charge in [0.15, 0.2) is 6.29 Å². The molecule has 2 aromatic carbocycles. The number of amides is 1. The molecule has 5 atom stereocenters. The van der Waals surface area contributed by atoms with Gasteiger partial charge < -0.3 is 24.6 Å². The average molecular weight is 588 g/mol. The molecule has 2 fully saturated rings. The van der Waals surface area contributed by atoms with Crippen LogP contribution >= 0.6 is 0 Å². The van der Waals surface area contributed by atoms with Crippen molar-refractivity contribution < 1.29 is 28.9 Å². The number of pyridine rings is 1. The van der Waals surface area contributed by atoms with Gasteiger partial charge in [-0.05, 0) is 75.5 Å². The first kappa shape index (κ1) is 30.8. The lowest BCUT2D eigenvalue weighted by atomic mass is 9.90. The minimum atomic E-state index is -0.658. The van der Waals surface area contributed by atoms with Crippen LogP contribution in [0, 0.1) is 5.92 Å². The van der Waals surface area contributed by atoms with Crippen LogP contribution in [0.5, 0.6) is 0 Å². The fraction of sp³-hybridized carbons (Fsp3) is 0.441. The monoisotopic (exact) mass is 587 g/mol. The molecule has 0 radical (unpaired) electrons. The zero-order valence-corrected chi connectivity index (χ0v) is 25.2. The highest BCUT2D eigenvalue weighted by Gasteiger charge is 2.42. The van der Waals surface area contributed by atoms with Gasteiger partial charge >= 0.3 is 5.97 Å². The van der Waals surface area contributed by atoms with Crippen molar-refractivity contribution in [3.8, 4) is 0 Å². The van der Waals surface area contributed by atoms with Crippen LogP contribution in [0.2, 0.25) is 0 Å². The summed E-state index contributed by atoms with van der Waals surface area (Å²) in [5.74, 6) is -0.452. The Morgan fingerprint density at radius 2 is 1.77 bits per heavy atom. The number of aliphatic hydroxyl groups is 1. The SMILES string of the molecule is CC1C(CN2CCCC2C(=O)OC(C)(C)C)OC(c2ccc(NC(=O)c3cccnc3)cc2)OC1c1ccc(CO)cc1. The van der Waals surface area contributed by atoms with Crippen molar-refractivity contribution in [2.75, 3.05) is 18.4 Å². The molecule has 2 aliphatic heterocycles. The fourth-order valence-electron chi connectivity index (χ4n) is 5.66. The van der Waals surface area contributed by atoms with Gasteiger partial charge in [-0.3, -0.25) is 19.5 Å². The Kier molecular flexibility index (Phi) is 9.56. The minimum absolute atomic E-state index is 0.0193. The van der Waals surface area contributed by atoms with E-state index in [0.29, 0.717) is 17.8 Å². The molecule has 0 saturated carbocycles. The summed E-state index contributed by atoms with van der Waals surface area (Å²) >= 11 is 0. The molecule has 0 bridgehead atoms. The first-order valence-corrected chi connectivity index (χ1v) is 14.9. The van der Waals surface area contributed by atoms with Crippen molar-refractivity contribution in [1.29, 1.82) is 0 Å². The normalized spacial score (nSPS) is 24.4. The summed E-state index contributed by atoms with van der Waals surface area (Å²) in [5, 5.41) is 12.4. The number of benzene rings is 2. The van der Waals surface area contributed by atoms with E-state index in [0.717, 1.165) is 36.1 Å². The van der Waals surface area contributed by atoms with E-state index in [1.54, 1.807) is 18.3 Å². The number of hydrogen-bond donors (Lipinski definition) is 2. The van der Waals surface area contributed by atoms with Gasteiger partial charge in [0.25, 0.3) is 5.91 Å². The van der Waals surface area contributed by atoms with Gasteiger partial charge in [-0.2, -0.15) is 0 Å². The molecule has 1 aromatic heterocycles. The second-order valence-electron chi connectivity index (χ2n) is 12.3. The number of carbonyl (C=O) groups is 2. The third kappa shape index (κ3) is 7.67. The van der Waals surface area contributed by atoms with Crippen molar-refractivity contribution in [1.82, 2.24) is 9.88 Å². The summed E-state index contributed by atoms with van der Waals surface area (Å²) in [6, 6.07) is 18.4. The lowest BCUT2D eigenvalue weighted by Crippen LogP contribution is -2.48. The number of aromatic nitrogens is 1. The smallest absolute Gasteiger partial charge is 0.323 e. The summed E-state index contributed by atoms with van der Waals surface area (Å²) in [5.41, 5.74) is 3.22. The maximum Gasteiger partial charge on any atom is 0.323 e. The van der Waals surface area contributed by atoms with Gasteiger partial charge in [-0.15, -0.1) is 0 Å². The molecule has 0 spiro atoms. The molecule has 228 valence electrons. The standard InChI is InChI=1S/C34H41N3O6/c1-22-29(20-37-18-6-8-28(37)32(40)43-34(2,3)4)41-33(42-30(22)24-11-9-23(21-38)10-12-24)25-13-15-27(16-14-25)36-31(39)26-7-5-17-35-19-26/h5,7,9-17,19,22,28-30,33,38H,6,8,18,20-21H2,1-4H3,(H,36,39). The Hall–Kier alpha value is -3.63. The Labute approximate surface area is 253 Å². The Morgan fingerprint density at radius 3 is 2.42 bits per heavy atom. The van der Waals surface area contributed by atoms with Crippen LogP contribution in [0.15, 0.2) is 73.1 Å². The van der Waals surface area contributed by atoms with Gasteiger partial charge in [-0.25, -0.2) is 0 Å². The first-order chi connectivity index (χ1) is 20.6. The number of esters is 1. The van der Waals surface area contributed by atoms with Crippen molar-refractivity contribution >= 4 is 17.6 Å². The average Bonchev–Trinajstić information content (AvgIpc) is 3.47. The number of rotatable bonds is 8. The maximum atomic E-state index is 13.0. The van der Waals surface area contributed by atoms with E-state index < -0.39 is 11.9 Å². The largest absolute Gasteiger partial charge is 0.459 e. The predicted octanol–water partition coefficient (Wildman–Crippen LogP) is 5.42. The number of nitrogens with zero attached hydrogens (tertiary/aromatic N) is 2. The van der Waals surface area contributed by atoms with Gasteiger partial charge in [0.05, 0.1) is 24.4 Å². The molecule has 2 N–H and O–H groups in total. The molecule has 2 saturated heterocycles. The number of ether oxygens (including phenoxy) is 3. The molecule has 2 aliphatic rings. The van der Waals surface area contributed by atoms with Crippen LogP contribution in [0.3, 0.4) is 0 Å². The second kappa shape index (κ2) is 13.3. The van der Waals surface area contributed by atoms with Crippen LogP contribution in [-0.4, -0.2) is 57.7 Å². The molecule has 9 nitrogen and oxygen atoms in total. The van der Waals surface area contributed by atoms with Crippen molar-refractivity contribution in [3.63, 3.8) is 0 Å². The molecular formula is C34H41N3O6. The van der Waals surface area contributed by atoms with Crippen molar-refractivity contribution in [2.45, 2.75) is 77.3 Å². The molecule has 43 heavy (non-hydrogen) atoms. The zero-order valence-electron chi connectivity index (χ0n) is 25.2. The summed E-state index contributed by atoms with van der Waals surface area (Å²) in [6.07, 6.45) is 3.67. The number of anilines is 1.